The van der Waals surface area contributed by atoms with Gasteiger partial charge >= 0.3 is 0 Å². The van der Waals surface area contributed by atoms with E-state index in [-0.39, 0.29) is 22.9 Å². The molecule has 0 unspecified atom stereocenters. The fourth-order valence-corrected chi connectivity index (χ4v) is 4.81. The molecule has 1 fully saturated rings. The van der Waals surface area contributed by atoms with E-state index in [2.05, 4.69) is 15.2 Å². The molecule has 2 N–H and O–H groups in total. The maximum atomic E-state index is 14.5. The number of halogens is 3. The van der Waals surface area contributed by atoms with Gasteiger partial charge in [-0.1, -0.05) is 11.6 Å². The average molecular weight is 471 g/mol. The van der Waals surface area contributed by atoms with Crippen molar-refractivity contribution >= 4 is 29.7 Å². The highest BCUT2D eigenvalue weighted by molar-refractivity contribution is 7.71. The molecule has 31 heavy (non-hydrogen) atoms. The summed E-state index contributed by atoms with van der Waals surface area (Å²) in [4.78, 5) is 17.8. The van der Waals surface area contributed by atoms with Gasteiger partial charge in [0, 0.05) is 49.0 Å². The number of fused-ring (bicyclic) bond motifs is 1. The van der Waals surface area contributed by atoms with Crippen LogP contribution in [0.25, 0.3) is 0 Å². The van der Waals surface area contributed by atoms with E-state index in [4.69, 9.17) is 28.6 Å². The fourth-order valence-electron chi connectivity index (χ4n) is 4.33. The average Bonchev–Trinajstić information content (AvgIpc) is 3.30. The number of H-pyrrole nitrogens is 1. The number of hydrogen-bond acceptors (Lipinski definition) is 4. The summed E-state index contributed by atoms with van der Waals surface area (Å²) in [7, 11) is 0. The molecule has 0 radical (unpaired) electrons. The zero-order chi connectivity index (χ0) is 22.0. The van der Waals surface area contributed by atoms with Crippen LogP contribution in [-0.4, -0.2) is 59.8 Å². The van der Waals surface area contributed by atoms with Crippen molar-refractivity contribution in [1.82, 2.24) is 19.8 Å². The zero-order valence-corrected chi connectivity index (χ0v) is 18.6. The molecule has 2 aliphatic heterocycles. The number of nitrogens with one attached hydrogen (secondary N) is 2. The van der Waals surface area contributed by atoms with Crippen LogP contribution in [0.3, 0.4) is 0 Å². The Kier molecular flexibility index (Phi) is 7.05. The number of nitrogens with zero attached hydrogens (tertiary/aromatic N) is 2. The second-order valence-electron chi connectivity index (χ2n) is 7.96. The molecule has 168 valence electrons. The van der Waals surface area contributed by atoms with E-state index in [1.807, 2.05) is 4.57 Å². The molecule has 0 spiro atoms. The van der Waals surface area contributed by atoms with Gasteiger partial charge in [-0.2, -0.15) is 0 Å². The maximum absolute atomic E-state index is 14.5. The number of imidazole rings is 1. The van der Waals surface area contributed by atoms with E-state index >= 15 is 0 Å². The highest BCUT2D eigenvalue weighted by Crippen LogP contribution is 2.36. The van der Waals surface area contributed by atoms with Crippen LogP contribution in [0.15, 0.2) is 12.1 Å². The van der Waals surface area contributed by atoms with E-state index in [0.29, 0.717) is 30.0 Å². The summed E-state index contributed by atoms with van der Waals surface area (Å²) in [5, 5.41) is 2.84. The number of morpholine rings is 1. The van der Waals surface area contributed by atoms with Crippen LogP contribution in [-0.2, 0) is 28.9 Å². The van der Waals surface area contributed by atoms with Crippen molar-refractivity contribution in [1.29, 1.82) is 0 Å². The predicted molar refractivity (Wildman–Crippen MR) is 116 cm³/mol. The lowest BCUT2D eigenvalue weighted by Crippen LogP contribution is -2.38. The van der Waals surface area contributed by atoms with Crippen molar-refractivity contribution in [3.05, 3.63) is 50.5 Å². The number of aromatic amines is 1. The fraction of sp³-hybridized carbons (Fsp3) is 0.524. The molecule has 0 bridgehead atoms. The summed E-state index contributed by atoms with van der Waals surface area (Å²) in [6.07, 6.45) is 1.41. The van der Waals surface area contributed by atoms with Gasteiger partial charge < -0.3 is 19.6 Å². The van der Waals surface area contributed by atoms with Crippen molar-refractivity contribution in [2.75, 3.05) is 39.4 Å². The number of ether oxygens (including phenoxy) is 1. The Morgan fingerprint density at radius 3 is 2.87 bits per heavy atom. The smallest absolute Gasteiger partial charge is 0.226 e. The minimum atomic E-state index is -0.730. The quantitative estimate of drug-likeness (QED) is 0.370. The lowest BCUT2D eigenvalue weighted by atomic mass is 9.95. The number of benzene rings is 1. The second-order valence-corrected chi connectivity index (χ2v) is 8.75. The van der Waals surface area contributed by atoms with Gasteiger partial charge in [-0.3, -0.25) is 9.69 Å². The van der Waals surface area contributed by atoms with Crippen molar-refractivity contribution in [3.63, 3.8) is 0 Å². The standard InChI is InChI=1S/C21H25ClF2N4O2S/c22-14-2-3-15(23)19(20(14)24)13-10-17-16(26-21(31)28(17)12-13)11-18(29)25-4-1-5-27-6-8-30-9-7-27/h2-3,13H,1,4-12H2,(H,25,29)(H,26,31)/t13-/m1/s1. The largest absolute Gasteiger partial charge is 0.379 e. The molecule has 4 rings (SSSR count). The van der Waals surface area contributed by atoms with Crippen LogP contribution in [0.5, 0.6) is 0 Å². The van der Waals surface area contributed by atoms with E-state index < -0.39 is 17.6 Å². The Bertz CT molecular complexity index is 1020. The molecule has 0 saturated carbocycles. The molecular formula is C21H25ClF2N4O2S. The summed E-state index contributed by atoms with van der Waals surface area (Å²) in [6.45, 7) is 5.23. The summed E-state index contributed by atoms with van der Waals surface area (Å²) in [5.74, 6) is -1.87. The van der Waals surface area contributed by atoms with Gasteiger partial charge in [0.15, 0.2) is 4.77 Å². The molecule has 1 atom stereocenters. The number of aromatic nitrogens is 2. The van der Waals surface area contributed by atoms with Crippen LogP contribution in [0.4, 0.5) is 8.78 Å². The van der Waals surface area contributed by atoms with Crippen molar-refractivity contribution in [3.8, 4) is 0 Å². The Labute approximate surface area is 189 Å². The third-order valence-electron chi connectivity index (χ3n) is 5.92. The Balaban J connectivity index is 1.35. The maximum Gasteiger partial charge on any atom is 0.226 e. The molecule has 2 aromatic rings. The number of amides is 1. The minimum Gasteiger partial charge on any atom is -0.379 e. The highest BCUT2D eigenvalue weighted by Gasteiger charge is 2.31. The Morgan fingerprint density at radius 1 is 1.32 bits per heavy atom. The van der Waals surface area contributed by atoms with Gasteiger partial charge in [0.05, 0.1) is 24.7 Å². The van der Waals surface area contributed by atoms with Crippen LogP contribution in [0, 0.1) is 16.4 Å². The topological polar surface area (TPSA) is 62.3 Å². The third kappa shape index (κ3) is 5.00. The molecule has 2 aliphatic rings. The van der Waals surface area contributed by atoms with E-state index in [1.54, 1.807) is 0 Å². The van der Waals surface area contributed by atoms with Gasteiger partial charge in [-0.25, -0.2) is 8.78 Å². The zero-order valence-electron chi connectivity index (χ0n) is 17.1. The molecular weight excluding hydrogens is 446 g/mol. The van der Waals surface area contributed by atoms with Crippen molar-refractivity contribution < 1.29 is 18.3 Å². The molecule has 1 aromatic carbocycles. The van der Waals surface area contributed by atoms with Gasteiger partial charge in [-0.05, 0) is 43.7 Å². The molecule has 10 heteroatoms. The first-order chi connectivity index (χ1) is 14.9. The molecule has 0 aliphatic carbocycles. The van der Waals surface area contributed by atoms with Crippen molar-refractivity contribution in [2.24, 2.45) is 0 Å². The SMILES string of the molecule is O=C(Cc1[nH]c(=S)n2c1C[C@@H](c1c(F)ccc(Cl)c1F)C2)NCCCN1CCOCC1. The van der Waals surface area contributed by atoms with Crippen LogP contribution in [0.2, 0.25) is 5.02 Å². The molecule has 1 amide bonds. The summed E-state index contributed by atoms with van der Waals surface area (Å²) in [5.41, 5.74) is 1.49. The second kappa shape index (κ2) is 9.77. The summed E-state index contributed by atoms with van der Waals surface area (Å²) in [6, 6.07) is 2.40. The lowest BCUT2D eigenvalue weighted by molar-refractivity contribution is -0.120. The van der Waals surface area contributed by atoms with Crippen LogP contribution in [0.1, 0.15) is 29.3 Å². The Hall–Kier alpha value is -1.81. The number of carbonyl (C=O) groups excluding carboxylic acids is 1. The molecule has 6 nitrogen and oxygen atoms in total. The van der Waals surface area contributed by atoms with E-state index in [1.165, 1.54) is 12.1 Å². The lowest BCUT2D eigenvalue weighted by Gasteiger charge is -2.26. The molecule has 3 heterocycles. The van der Waals surface area contributed by atoms with Gasteiger partial charge in [-0.15, -0.1) is 0 Å². The first kappa shape index (κ1) is 22.4. The normalized spacial score (nSPS) is 18.9. The first-order valence-electron chi connectivity index (χ1n) is 10.4. The minimum absolute atomic E-state index is 0.0240. The summed E-state index contributed by atoms with van der Waals surface area (Å²) >= 11 is 11.2. The number of rotatable bonds is 7. The van der Waals surface area contributed by atoms with Gasteiger partial charge in [0.25, 0.3) is 0 Å². The molecule has 1 aromatic heterocycles. The predicted octanol–water partition coefficient (Wildman–Crippen LogP) is 3.20. The van der Waals surface area contributed by atoms with E-state index in [9.17, 15) is 13.6 Å². The highest BCUT2D eigenvalue weighted by atomic mass is 35.5. The number of carbonyl (C=O) groups is 1. The van der Waals surface area contributed by atoms with Crippen molar-refractivity contribution in [2.45, 2.75) is 31.7 Å². The van der Waals surface area contributed by atoms with E-state index in [0.717, 1.165) is 45.0 Å². The van der Waals surface area contributed by atoms with Gasteiger partial charge in [0.2, 0.25) is 5.91 Å². The first-order valence-corrected chi connectivity index (χ1v) is 11.2. The number of hydrogen-bond donors (Lipinski definition) is 2. The monoisotopic (exact) mass is 470 g/mol. The third-order valence-corrected chi connectivity index (χ3v) is 6.54. The van der Waals surface area contributed by atoms with Gasteiger partial charge in [0.1, 0.15) is 11.6 Å². The molecule has 1 saturated heterocycles. The van der Waals surface area contributed by atoms with Crippen LogP contribution >= 0.6 is 23.8 Å². The van der Waals surface area contributed by atoms with Crippen LogP contribution < -0.4 is 5.32 Å². The summed E-state index contributed by atoms with van der Waals surface area (Å²) < 4.78 is 36.4. The Morgan fingerprint density at radius 2 is 2.10 bits per heavy atom.